The van der Waals surface area contributed by atoms with Gasteiger partial charge in [-0.05, 0) is 55.9 Å². The number of oxazole rings is 1. The smallest absolute Gasteiger partial charge is 0.273 e. The van der Waals surface area contributed by atoms with E-state index in [1.807, 2.05) is 36.6 Å². The molecule has 1 saturated heterocycles. The van der Waals surface area contributed by atoms with E-state index < -0.39 is 0 Å². The van der Waals surface area contributed by atoms with E-state index in [9.17, 15) is 9.59 Å². The molecule has 3 aromatic heterocycles. The van der Waals surface area contributed by atoms with E-state index in [4.69, 9.17) is 9.40 Å². The molecule has 1 aromatic carbocycles. The van der Waals surface area contributed by atoms with Crippen LogP contribution in [0.1, 0.15) is 34.8 Å². The number of para-hydroxylation sites is 1. The Morgan fingerprint density at radius 3 is 2.85 bits per heavy atom. The molecule has 5 rings (SSSR count). The van der Waals surface area contributed by atoms with E-state index in [-0.39, 0.29) is 17.2 Å². The third-order valence-corrected chi connectivity index (χ3v) is 7.57. The topological polar surface area (TPSA) is 93.3 Å². The number of nitrogens with zero attached hydrogens (tertiary/aromatic N) is 4. The van der Waals surface area contributed by atoms with E-state index in [1.165, 1.54) is 42.2 Å². The van der Waals surface area contributed by atoms with Crippen molar-refractivity contribution in [3.63, 3.8) is 0 Å². The van der Waals surface area contributed by atoms with Crippen molar-refractivity contribution in [2.45, 2.75) is 30.7 Å². The van der Waals surface area contributed by atoms with Crippen molar-refractivity contribution in [1.82, 2.24) is 24.8 Å². The van der Waals surface area contributed by atoms with Gasteiger partial charge in [-0.2, -0.15) is 0 Å². The highest BCUT2D eigenvalue weighted by Gasteiger charge is 2.18. The van der Waals surface area contributed by atoms with Gasteiger partial charge in [-0.15, -0.1) is 11.3 Å². The molecule has 4 aromatic rings. The lowest BCUT2D eigenvalue weighted by Crippen LogP contribution is -2.33. The first-order chi connectivity index (χ1) is 16.6. The average Bonchev–Trinajstić information content (AvgIpc) is 3.60. The zero-order valence-corrected chi connectivity index (χ0v) is 20.5. The number of likely N-dealkylation sites (tertiary alicyclic amines) is 1. The van der Waals surface area contributed by atoms with Gasteiger partial charge < -0.3 is 14.6 Å². The summed E-state index contributed by atoms with van der Waals surface area (Å²) >= 11 is 2.80. The van der Waals surface area contributed by atoms with E-state index in [0.717, 1.165) is 30.9 Å². The first-order valence-corrected chi connectivity index (χ1v) is 13.1. The summed E-state index contributed by atoms with van der Waals surface area (Å²) in [5.74, 6) is 0.511. The van der Waals surface area contributed by atoms with Gasteiger partial charge in [0, 0.05) is 13.1 Å². The summed E-state index contributed by atoms with van der Waals surface area (Å²) in [5, 5.41) is 5.94. The normalized spacial score (nSPS) is 14.1. The molecule has 1 fully saturated rings. The fraction of sp³-hybridized carbons (Fsp3) is 0.333. The van der Waals surface area contributed by atoms with Crippen LogP contribution in [0.5, 0.6) is 0 Å². The number of nitrogens with one attached hydrogen (secondary N) is 1. The van der Waals surface area contributed by atoms with Crippen molar-refractivity contribution in [2.24, 2.45) is 0 Å². The van der Waals surface area contributed by atoms with Gasteiger partial charge in [-0.3, -0.25) is 14.2 Å². The van der Waals surface area contributed by atoms with Gasteiger partial charge in [0.1, 0.15) is 11.1 Å². The summed E-state index contributed by atoms with van der Waals surface area (Å²) in [6, 6.07) is 9.54. The lowest BCUT2D eigenvalue weighted by molar-refractivity contribution is 0.0944. The Kier molecular flexibility index (Phi) is 6.80. The van der Waals surface area contributed by atoms with E-state index in [0.29, 0.717) is 33.6 Å². The van der Waals surface area contributed by atoms with Gasteiger partial charge in [-0.1, -0.05) is 30.0 Å². The lowest BCUT2D eigenvalue weighted by Gasteiger charge is -2.14. The number of hydrogen-bond donors (Lipinski definition) is 1. The minimum Gasteiger partial charge on any atom is -0.447 e. The fourth-order valence-electron chi connectivity index (χ4n) is 4.05. The van der Waals surface area contributed by atoms with Crippen LogP contribution >= 0.6 is 23.1 Å². The molecule has 4 heterocycles. The Morgan fingerprint density at radius 2 is 2.03 bits per heavy atom. The molecule has 0 bridgehead atoms. The largest absolute Gasteiger partial charge is 0.447 e. The number of aryl methyl sites for hydroxylation is 1. The number of hydrogen-bond acceptors (Lipinski definition) is 8. The lowest BCUT2D eigenvalue weighted by atomic mass is 10.2. The second kappa shape index (κ2) is 10.1. The van der Waals surface area contributed by atoms with Crippen molar-refractivity contribution < 1.29 is 9.21 Å². The zero-order valence-electron chi connectivity index (χ0n) is 18.8. The van der Waals surface area contributed by atoms with E-state index >= 15 is 0 Å². The highest BCUT2D eigenvalue weighted by atomic mass is 32.2. The Labute approximate surface area is 205 Å². The predicted octanol–water partition coefficient (Wildman–Crippen LogP) is 3.86. The minimum atomic E-state index is -0.242. The Balaban J connectivity index is 1.31. The van der Waals surface area contributed by atoms with Gasteiger partial charge in [0.25, 0.3) is 11.5 Å². The van der Waals surface area contributed by atoms with E-state index in [2.05, 4.69) is 15.2 Å². The molecule has 1 aliphatic rings. The predicted molar refractivity (Wildman–Crippen MR) is 134 cm³/mol. The van der Waals surface area contributed by atoms with Crippen molar-refractivity contribution in [3.05, 3.63) is 69.5 Å². The molecule has 34 heavy (non-hydrogen) atoms. The molecule has 1 N–H and O–H groups in total. The van der Waals surface area contributed by atoms with Crippen LogP contribution in [-0.2, 0) is 5.75 Å². The summed E-state index contributed by atoms with van der Waals surface area (Å²) < 4.78 is 7.19. The third-order valence-electron chi connectivity index (χ3n) is 5.84. The van der Waals surface area contributed by atoms with Gasteiger partial charge in [-0.25, -0.2) is 9.97 Å². The molecule has 0 unspecified atom stereocenters. The first-order valence-electron chi connectivity index (χ1n) is 11.2. The van der Waals surface area contributed by atoms with Crippen molar-refractivity contribution in [3.8, 4) is 5.69 Å². The van der Waals surface area contributed by atoms with Crippen LogP contribution in [0.2, 0.25) is 0 Å². The number of aromatic nitrogens is 3. The van der Waals surface area contributed by atoms with Crippen LogP contribution in [0, 0.1) is 6.92 Å². The Hall–Kier alpha value is -2.95. The summed E-state index contributed by atoms with van der Waals surface area (Å²) in [6.07, 6.45) is 3.83. The maximum absolute atomic E-state index is 13.3. The van der Waals surface area contributed by atoms with E-state index in [1.54, 1.807) is 10.6 Å². The second-order valence-electron chi connectivity index (χ2n) is 8.18. The number of fused-ring (bicyclic) bond motifs is 1. The van der Waals surface area contributed by atoms with Crippen molar-refractivity contribution in [1.29, 1.82) is 0 Å². The third kappa shape index (κ3) is 4.79. The van der Waals surface area contributed by atoms with Crippen molar-refractivity contribution in [2.75, 3.05) is 26.2 Å². The maximum Gasteiger partial charge on any atom is 0.273 e. The summed E-state index contributed by atoms with van der Waals surface area (Å²) in [5.41, 5.74) is 1.93. The quantitative estimate of drug-likeness (QED) is 0.293. The SMILES string of the molecule is Cc1ccccc1-n1c(SCc2nc(C(=O)NCCN3CCCC3)co2)nc2sccc2c1=O. The molecular weight excluding hydrogens is 470 g/mol. The second-order valence-corrected chi connectivity index (χ2v) is 10.0. The molecule has 8 nitrogen and oxygen atoms in total. The molecule has 176 valence electrons. The molecule has 0 atom stereocenters. The number of thioether (sulfide) groups is 1. The van der Waals surface area contributed by atoms with Crippen LogP contribution in [0.4, 0.5) is 0 Å². The van der Waals surface area contributed by atoms with Crippen LogP contribution in [0.15, 0.2) is 56.3 Å². The minimum absolute atomic E-state index is 0.103. The molecule has 0 aliphatic carbocycles. The van der Waals surface area contributed by atoms with Crippen LogP contribution in [0.25, 0.3) is 15.9 Å². The van der Waals surface area contributed by atoms with Crippen LogP contribution in [0.3, 0.4) is 0 Å². The standard InChI is InChI=1S/C24H25N5O3S2/c1-16-6-2-3-7-19(16)29-23(31)17-8-13-33-22(17)27-24(29)34-15-20-26-18(14-32-20)21(30)25-9-12-28-10-4-5-11-28/h2-3,6-8,13-14H,4-5,9-12,15H2,1H3,(H,25,30). The number of carbonyl (C=O) groups excluding carboxylic acids is 1. The molecule has 0 spiro atoms. The molecule has 1 amide bonds. The zero-order chi connectivity index (χ0) is 23.5. The number of carbonyl (C=O) groups is 1. The number of benzene rings is 1. The summed E-state index contributed by atoms with van der Waals surface area (Å²) in [4.78, 5) is 37.8. The molecule has 0 radical (unpaired) electrons. The summed E-state index contributed by atoms with van der Waals surface area (Å²) in [7, 11) is 0. The van der Waals surface area contributed by atoms with Crippen molar-refractivity contribution >= 4 is 39.2 Å². The van der Waals surface area contributed by atoms with Gasteiger partial charge >= 0.3 is 0 Å². The van der Waals surface area contributed by atoms with Crippen LogP contribution < -0.4 is 10.9 Å². The highest BCUT2D eigenvalue weighted by molar-refractivity contribution is 7.98. The van der Waals surface area contributed by atoms with Gasteiger partial charge in [0.15, 0.2) is 10.9 Å². The Morgan fingerprint density at radius 1 is 1.21 bits per heavy atom. The maximum atomic E-state index is 13.3. The molecule has 10 heteroatoms. The first kappa shape index (κ1) is 22.8. The molecular formula is C24H25N5O3S2. The summed E-state index contributed by atoms with van der Waals surface area (Å²) in [6.45, 7) is 5.60. The Bertz CT molecular complexity index is 1370. The van der Waals surface area contributed by atoms with Crippen LogP contribution in [-0.4, -0.2) is 51.5 Å². The van der Waals surface area contributed by atoms with Gasteiger partial charge in [0.05, 0.1) is 16.8 Å². The number of rotatable bonds is 8. The monoisotopic (exact) mass is 495 g/mol. The van der Waals surface area contributed by atoms with Gasteiger partial charge in [0.2, 0.25) is 5.89 Å². The molecule has 0 saturated carbocycles. The fourth-order valence-corrected chi connectivity index (χ4v) is 5.71. The highest BCUT2D eigenvalue weighted by Crippen LogP contribution is 2.27. The number of thiophene rings is 1. The number of amides is 1. The molecule has 1 aliphatic heterocycles. The average molecular weight is 496 g/mol.